The van der Waals surface area contributed by atoms with E-state index in [9.17, 15) is 28.1 Å². The first-order valence-electron chi connectivity index (χ1n) is 8.61. The topological polar surface area (TPSA) is 103 Å². The maximum atomic E-state index is 12.7. The molecule has 29 heavy (non-hydrogen) atoms. The largest absolute Gasteiger partial charge is 0.417 e. The molecule has 3 rings (SSSR count). The molecule has 2 aromatic heterocycles. The molecular formula is C18H16F3N5O3. The van der Waals surface area contributed by atoms with Crippen molar-refractivity contribution < 1.29 is 22.9 Å². The lowest BCUT2D eigenvalue weighted by Gasteiger charge is -2.17. The second-order valence-electron chi connectivity index (χ2n) is 6.27. The minimum atomic E-state index is -4.49. The van der Waals surface area contributed by atoms with Gasteiger partial charge < -0.3 is 9.88 Å². The Kier molecular flexibility index (Phi) is 5.48. The van der Waals surface area contributed by atoms with E-state index < -0.39 is 28.6 Å². The molecule has 152 valence electrons. The molecule has 0 aliphatic heterocycles. The molecule has 0 aliphatic carbocycles. The van der Waals surface area contributed by atoms with Gasteiger partial charge >= 0.3 is 6.18 Å². The van der Waals surface area contributed by atoms with E-state index in [0.29, 0.717) is 11.9 Å². The highest BCUT2D eigenvalue weighted by Gasteiger charge is 2.31. The normalized spacial score (nSPS) is 12.7. The minimum absolute atomic E-state index is 0.177. The Morgan fingerprint density at radius 2 is 2.03 bits per heavy atom. The lowest BCUT2D eigenvalue weighted by Crippen LogP contribution is -2.31. The van der Waals surface area contributed by atoms with E-state index in [4.69, 9.17) is 0 Å². The molecule has 1 atom stereocenters. The number of fused-ring (bicyclic) bond motifs is 1. The van der Waals surface area contributed by atoms with Crippen molar-refractivity contribution in [3.05, 3.63) is 64.2 Å². The number of non-ortho nitro benzene ring substituents is 1. The first-order chi connectivity index (χ1) is 13.7. The fourth-order valence-corrected chi connectivity index (χ4v) is 2.93. The quantitative estimate of drug-likeness (QED) is 0.497. The number of benzene rings is 1. The predicted octanol–water partition coefficient (Wildman–Crippen LogP) is 3.63. The molecule has 0 fully saturated rings. The molecule has 1 aromatic carbocycles. The Morgan fingerprint density at radius 3 is 2.62 bits per heavy atom. The van der Waals surface area contributed by atoms with Crippen LogP contribution in [0.15, 0.2) is 42.9 Å². The van der Waals surface area contributed by atoms with Crippen LogP contribution in [0, 0.1) is 10.1 Å². The van der Waals surface area contributed by atoms with Gasteiger partial charge in [0.1, 0.15) is 12.1 Å². The summed E-state index contributed by atoms with van der Waals surface area (Å²) in [6.07, 6.45) is -2.05. The van der Waals surface area contributed by atoms with Crippen LogP contribution in [-0.4, -0.2) is 25.4 Å². The summed E-state index contributed by atoms with van der Waals surface area (Å²) < 4.78 is 39.4. The standard InChI is InChI=1S/C18H16F3N5O3/c1-2-12(13-7-6-11(8-22-13)18(19,20)21)24-16(27)9-25-10-23-14-4-3-5-15(17(14)25)26(28)29/h3-8,10,12H,2,9H2,1H3,(H,24,27). The first kappa shape index (κ1) is 20.2. The summed E-state index contributed by atoms with van der Waals surface area (Å²) in [5.41, 5.74) is -0.170. The van der Waals surface area contributed by atoms with Gasteiger partial charge in [-0.2, -0.15) is 13.2 Å². The number of carbonyl (C=O) groups is 1. The van der Waals surface area contributed by atoms with Gasteiger partial charge in [-0.1, -0.05) is 13.0 Å². The number of hydrogen-bond acceptors (Lipinski definition) is 5. The zero-order valence-electron chi connectivity index (χ0n) is 15.2. The fraction of sp³-hybridized carbons (Fsp3) is 0.278. The van der Waals surface area contributed by atoms with Crippen molar-refractivity contribution in [2.24, 2.45) is 0 Å². The summed E-state index contributed by atoms with van der Waals surface area (Å²) in [5.74, 6) is -0.476. The number of hydrogen-bond donors (Lipinski definition) is 1. The van der Waals surface area contributed by atoms with E-state index in [0.717, 1.165) is 12.3 Å². The number of imidazole rings is 1. The Balaban J connectivity index is 1.78. The van der Waals surface area contributed by atoms with E-state index in [2.05, 4.69) is 15.3 Å². The van der Waals surface area contributed by atoms with E-state index in [1.54, 1.807) is 13.0 Å². The molecule has 0 saturated heterocycles. The SMILES string of the molecule is CCC(NC(=O)Cn1cnc2cccc([N+](=O)[O-])c21)c1ccc(C(F)(F)F)cn1. The maximum absolute atomic E-state index is 12.7. The number of nitro benzene ring substituents is 1. The molecule has 1 amide bonds. The Bertz CT molecular complexity index is 1050. The number of nitrogens with one attached hydrogen (secondary N) is 1. The molecule has 0 aliphatic rings. The lowest BCUT2D eigenvalue weighted by molar-refractivity contribution is -0.383. The van der Waals surface area contributed by atoms with Crippen LogP contribution in [-0.2, 0) is 17.5 Å². The number of alkyl halides is 3. The van der Waals surface area contributed by atoms with Crippen LogP contribution in [0.1, 0.15) is 30.6 Å². The van der Waals surface area contributed by atoms with Gasteiger partial charge in [-0.25, -0.2) is 4.98 Å². The number of nitrogens with zero attached hydrogens (tertiary/aromatic N) is 4. The third-order valence-electron chi connectivity index (χ3n) is 4.34. The van der Waals surface area contributed by atoms with Crippen molar-refractivity contribution in [2.75, 3.05) is 0 Å². The number of halogens is 3. The summed E-state index contributed by atoms with van der Waals surface area (Å²) in [5, 5.41) is 13.9. The maximum Gasteiger partial charge on any atom is 0.417 e. The van der Waals surface area contributed by atoms with Crippen LogP contribution >= 0.6 is 0 Å². The first-order valence-corrected chi connectivity index (χ1v) is 8.61. The van der Waals surface area contributed by atoms with E-state index in [1.807, 2.05) is 0 Å². The third kappa shape index (κ3) is 4.33. The van der Waals surface area contributed by atoms with Crippen LogP contribution in [0.3, 0.4) is 0 Å². The molecular weight excluding hydrogens is 391 g/mol. The van der Waals surface area contributed by atoms with Crippen LogP contribution in [0.25, 0.3) is 11.0 Å². The lowest BCUT2D eigenvalue weighted by atomic mass is 10.1. The molecule has 11 heteroatoms. The molecule has 3 aromatic rings. The third-order valence-corrected chi connectivity index (χ3v) is 4.34. The number of amides is 1. The average Bonchev–Trinajstić information content (AvgIpc) is 3.08. The zero-order chi connectivity index (χ0) is 21.2. The Morgan fingerprint density at radius 1 is 1.28 bits per heavy atom. The van der Waals surface area contributed by atoms with Crippen molar-refractivity contribution in [3.63, 3.8) is 0 Å². The number of pyridine rings is 1. The fourth-order valence-electron chi connectivity index (χ4n) is 2.93. The van der Waals surface area contributed by atoms with E-state index >= 15 is 0 Å². The minimum Gasteiger partial charge on any atom is -0.346 e. The summed E-state index contributed by atoms with van der Waals surface area (Å²) in [6.45, 7) is 1.51. The summed E-state index contributed by atoms with van der Waals surface area (Å²) in [6, 6.07) is 5.94. The monoisotopic (exact) mass is 407 g/mol. The van der Waals surface area contributed by atoms with Gasteiger partial charge in [0.15, 0.2) is 0 Å². The molecule has 8 nitrogen and oxygen atoms in total. The molecule has 0 spiro atoms. The van der Waals surface area contributed by atoms with Gasteiger partial charge in [0.25, 0.3) is 5.69 Å². The van der Waals surface area contributed by atoms with Gasteiger partial charge in [0.2, 0.25) is 5.91 Å². The van der Waals surface area contributed by atoms with Gasteiger partial charge in [0.05, 0.1) is 34.1 Å². The highest BCUT2D eigenvalue weighted by molar-refractivity contribution is 5.87. The van der Waals surface area contributed by atoms with Gasteiger partial charge in [-0.3, -0.25) is 19.9 Å². The van der Waals surface area contributed by atoms with Crippen LogP contribution < -0.4 is 5.32 Å². The Labute approximate surface area is 162 Å². The second kappa shape index (κ2) is 7.86. The van der Waals surface area contributed by atoms with Crippen LogP contribution in [0.5, 0.6) is 0 Å². The van der Waals surface area contributed by atoms with Crippen LogP contribution in [0.4, 0.5) is 18.9 Å². The number of rotatable bonds is 6. The molecule has 2 heterocycles. The number of para-hydroxylation sites is 1. The molecule has 0 saturated carbocycles. The Hall–Kier alpha value is -3.50. The van der Waals surface area contributed by atoms with Crippen molar-refractivity contribution in [1.29, 1.82) is 0 Å². The highest BCUT2D eigenvalue weighted by atomic mass is 19.4. The van der Waals surface area contributed by atoms with Gasteiger partial charge in [0, 0.05) is 12.3 Å². The second-order valence-corrected chi connectivity index (χ2v) is 6.27. The number of aromatic nitrogens is 3. The van der Waals surface area contributed by atoms with E-state index in [-0.39, 0.29) is 23.4 Å². The zero-order valence-corrected chi connectivity index (χ0v) is 15.2. The molecule has 0 bridgehead atoms. The van der Waals surface area contributed by atoms with E-state index in [1.165, 1.54) is 29.1 Å². The average molecular weight is 407 g/mol. The van der Waals surface area contributed by atoms with Gasteiger partial charge in [-0.15, -0.1) is 0 Å². The van der Waals surface area contributed by atoms with Crippen LogP contribution in [0.2, 0.25) is 0 Å². The number of carbonyl (C=O) groups excluding carboxylic acids is 1. The number of nitro groups is 1. The molecule has 1 unspecified atom stereocenters. The molecule has 0 radical (unpaired) electrons. The van der Waals surface area contributed by atoms with Gasteiger partial charge in [-0.05, 0) is 24.6 Å². The van der Waals surface area contributed by atoms with Crippen molar-refractivity contribution in [2.45, 2.75) is 32.1 Å². The highest BCUT2D eigenvalue weighted by Crippen LogP contribution is 2.29. The summed E-state index contributed by atoms with van der Waals surface area (Å²) >= 11 is 0. The smallest absolute Gasteiger partial charge is 0.346 e. The van der Waals surface area contributed by atoms with Crippen molar-refractivity contribution in [1.82, 2.24) is 19.9 Å². The molecule has 1 N–H and O–H groups in total. The summed E-state index contributed by atoms with van der Waals surface area (Å²) in [4.78, 5) is 31.0. The van der Waals surface area contributed by atoms with Crippen molar-refractivity contribution in [3.8, 4) is 0 Å². The predicted molar refractivity (Wildman–Crippen MR) is 96.8 cm³/mol. The van der Waals surface area contributed by atoms with Crippen molar-refractivity contribution >= 4 is 22.6 Å². The summed E-state index contributed by atoms with van der Waals surface area (Å²) in [7, 11) is 0.